The number of carbonyl (C=O) groups excluding carboxylic acids is 3. The summed E-state index contributed by atoms with van der Waals surface area (Å²) >= 11 is 0. The first-order chi connectivity index (χ1) is 20.5. The first kappa shape index (κ1) is 35.9. The Labute approximate surface area is 255 Å². The summed E-state index contributed by atoms with van der Waals surface area (Å²) < 4.78 is 22.1. The highest BCUT2D eigenvalue weighted by molar-refractivity contribution is 5.89. The third-order valence-electron chi connectivity index (χ3n) is 8.55. The summed E-state index contributed by atoms with van der Waals surface area (Å²) in [5.74, 6) is -1.59. The van der Waals surface area contributed by atoms with Gasteiger partial charge in [0.2, 0.25) is 0 Å². The molecule has 1 aliphatic heterocycles. The van der Waals surface area contributed by atoms with Gasteiger partial charge < -0.3 is 18.9 Å². The molecule has 0 bridgehead atoms. The number of carbonyl (C=O) groups is 3. The van der Waals surface area contributed by atoms with Crippen LogP contribution in [0.2, 0.25) is 0 Å². The maximum atomic E-state index is 12.7. The molecular formula is C35H58O7. The van der Waals surface area contributed by atoms with Crippen molar-refractivity contribution in [2.75, 3.05) is 13.7 Å². The van der Waals surface area contributed by atoms with Crippen molar-refractivity contribution >= 4 is 17.9 Å². The van der Waals surface area contributed by atoms with E-state index in [2.05, 4.69) is 13.8 Å². The number of hydrogen-bond donors (Lipinski definition) is 0. The molecule has 240 valence electrons. The molecule has 0 radical (unpaired) electrons. The first-order valence-corrected chi connectivity index (χ1v) is 17.0. The Balaban J connectivity index is 1.75. The molecule has 0 aromatic rings. The van der Waals surface area contributed by atoms with Crippen molar-refractivity contribution in [3.63, 3.8) is 0 Å². The molecule has 2 aliphatic rings. The second-order valence-corrected chi connectivity index (χ2v) is 12.0. The molecule has 7 heteroatoms. The molecule has 7 nitrogen and oxygen atoms in total. The lowest BCUT2D eigenvalue weighted by Crippen LogP contribution is -2.39. The van der Waals surface area contributed by atoms with Crippen LogP contribution in [0.1, 0.15) is 149 Å². The fourth-order valence-corrected chi connectivity index (χ4v) is 5.97. The van der Waals surface area contributed by atoms with Crippen LogP contribution in [0.5, 0.6) is 0 Å². The zero-order chi connectivity index (χ0) is 30.4. The molecule has 0 aromatic carbocycles. The smallest absolute Gasteiger partial charge is 0.337 e. The Kier molecular flexibility index (Phi) is 19.0. The lowest BCUT2D eigenvalue weighted by molar-refractivity contribution is -0.183. The van der Waals surface area contributed by atoms with E-state index in [9.17, 15) is 14.4 Å². The summed E-state index contributed by atoms with van der Waals surface area (Å²) in [6.07, 6.45) is 25.1. The van der Waals surface area contributed by atoms with Crippen LogP contribution in [0.3, 0.4) is 0 Å². The highest BCUT2D eigenvalue weighted by atomic mass is 16.7. The summed E-state index contributed by atoms with van der Waals surface area (Å²) in [6.45, 7) is 4.57. The van der Waals surface area contributed by atoms with Gasteiger partial charge in [0.05, 0.1) is 24.9 Å². The van der Waals surface area contributed by atoms with Crippen LogP contribution in [0.4, 0.5) is 0 Å². The lowest BCUT2D eigenvalue weighted by Gasteiger charge is -2.34. The number of allylic oxidation sites excluding steroid dienone is 1. The molecule has 2 rings (SSSR count). The molecule has 42 heavy (non-hydrogen) atoms. The highest BCUT2D eigenvalue weighted by Crippen LogP contribution is 2.44. The van der Waals surface area contributed by atoms with Gasteiger partial charge in [-0.3, -0.25) is 9.59 Å². The summed E-state index contributed by atoms with van der Waals surface area (Å²) in [7, 11) is 1.34. The number of fused-ring (bicyclic) bond motifs is 1. The van der Waals surface area contributed by atoms with Crippen molar-refractivity contribution in [1.82, 2.24) is 0 Å². The molecule has 3 atom stereocenters. The van der Waals surface area contributed by atoms with Crippen LogP contribution in [0, 0.1) is 11.8 Å². The van der Waals surface area contributed by atoms with Crippen molar-refractivity contribution in [2.45, 2.75) is 155 Å². The van der Waals surface area contributed by atoms with E-state index in [1.54, 1.807) is 0 Å². The Morgan fingerprint density at radius 1 is 0.738 bits per heavy atom. The maximum absolute atomic E-state index is 12.7. The van der Waals surface area contributed by atoms with Crippen LogP contribution < -0.4 is 0 Å². The molecule has 0 N–H and O–H groups in total. The zero-order valence-corrected chi connectivity index (χ0v) is 26.8. The SMILES string of the molecule is CCCCCCCCCCCC(=O)OCC1=CCC2C(C(=O)OC)=COC(OC(=O)CCCCCCCCCCC)C12. The van der Waals surface area contributed by atoms with E-state index in [-0.39, 0.29) is 30.4 Å². The van der Waals surface area contributed by atoms with Gasteiger partial charge >= 0.3 is 17.9 Å². The molecular weight excluding hydrogens is 532 g/mol. The lowest BCUT2D eigenvalue weighted by atomic mass is 9.83. The van der Waals surface area contributed by atoms with Gasteiger partial charge in [0, 0.05) is 18.8 Å². The number of rotatable bonds is 24. The normalized spacial score (nSPS) is 19.4. The van der Waals surface area contributed by atoms with Crippen LogP contribution in [0.15, 0.2) is 23.5 Å². The summed E-state index contributed by atoms with van der Waals surface area (Å²) in [5.41, 5.74) is 1.25. The Bertz CT molecular complexity index is 846. The van der Waals surface area contributed by atoms with Gasteiger partial charge in [-0.25, -0.2) is 4.79 Å². The van der Waals surface area contributed by atoms with Crippen molar-refractivity contribution in [3.8, 4) is 0 Å². The predicted octanol–water partition coefficient (Wildman–Crippen LogP) is 8.89. The minimum Gasteiger partial charge on any atom is -0.466 e. The van der Waals surface area contributed by atoms with Crippen LogP contribution in [0.25, 0.3) is 0 Å². The van der Waals surface area contributed by atoms with Crippen LogP contribution >= 0.6 is 0 Å². The second-order valence-electron chi connectivity index (χ2n) is 12.0. The van der Waals surface area contributed by atoms with Crippen molar-refractivity contribution in [1.29, 1.82) is 0 Å². The fraction of sp³-hybridized carbons (Fsp3) is 0.800. The molecule has 0 saturated carbocycles. The average Bonchev–Trinajstić information content (AvgIpc) is 3.42. The Hall–Kier alpha value is -2.31. The summed E-state index contributed by atoms with van der Waals surface area (Å²) in [5, 5.41) is 0. The second kappa shape index (κ2) is 22.3. The topological polar surface area (TPSA) is 88.1 Å². The fourth-order valence-electron chi connectivity index (χ4n) is 5.97. The number of unbranched alkanes of at least 4 members (excludes halogenated alkanes) is 16. The van der Waals surface area contributed by atoms with E-state index in [4.69, 9.17) is 18.9 Å². The third kappa shape index (κ3) is 13.8. The standard InChI is InChI=1S/C35H58O7/c1-4-6-8-10-12-14-16-18-20-22-31(36)40-26-28-24-25-29-30(34(38)39-3)27-41-35(33(28)29)42-32(37)23-21-19-17-15-13-11-9-7-5-2/h24,27,29,33,35H,4-23,25-26H2,1-3H3. The number of ether oxygens (including phenoxy) is 4. The molecule has 0 spiro atoms. The quantitative estimate of drug-likeness (QED) is 0.0480. The Morgan fingerprint density at radius 3 is 1.76 bits per heavy atom. The van der Waals surface area contributed by atoms with Crippen molar-refractivity contribution in [2.24, 2.45) is 11.8 Å². The highest BCUT2D eigenvalue weighted by Gasteiger charge is 2.46. The average molecular weight is 591 g/mol. The van der Waals surface area contributed by atoms with Gasteiger partial charge in [0.1, 0.15) is 6.61 Å². The molecule has 3 unspecified atom stereocenters. The number of esters is 3. The first-order valence-electron chi connectivity index (χ1n) is 17.0. The predicted molar refractivity (Wildman–Crippen MR) is 165 cm³/mol. The molecule has 1 aliphatic carbocycles. The number of methoxy groups -OCH3 is 1. The summed E-state index contributed by atoms with van der Waals surface area (Å²) in [4.78, 5) is 37.5. The van der Waals surface area contributed by atoms with Crippen molar-refractivity contribution in [3.05, 3.63) is 23.5 Å². The molecule has 0 aromatic heterocycles. The van der Waals surface area contributed by atoms with E-state index in [0.29, 0.717) is 24.8 Å². The molecule has 0 amide bonds. The van der Waals surface area contributed by atoms with E-state index < -0.39 is 12.3 Å². The van der Waals surface area contributed by atoms with Gasteiger partial charge in [-0.1, -0.05) is 123 Å². The van der Waals surface area contributed by atoms with E-state index >= 15 is 0 Å². The van der Waals surface area contributed by atoms with E-state index in [1.165, 1.54) is 90.4 Å². The van der Waals surface area contributed by atoms with Crippen molar-refractivity contribution < 1.29 is 33.3 Å². The van der Waals surface area contributed by atoms with Crippen LogP contribution in [-0.2, 0) is 33.3 Å². The minimum atomic E-state index is -0.848. The maximum Gasteiger partial charge on any atom is 0.337 e. The molecule has 0 fully saturated rings. The summed E-state index contributed by atoms with van der Waals surface area (Å²) in [6, 6.07) is 0. The largest absolute Gasteiger partial charge is 0.466 e. The van der Waals surface area contributed by atoms with E-state index in [1.807, 2.05) is 6.08 Å². The van der Waals surface area contributed by atoms with Gasteiger partial charge in [-0.05, 0) is 24.8 Å². The van der Waals surface area contributed by atoms with Gasteiger partial charge in [0.15, 0.2) is 0 Å². The Morgan fingerprint density at radius 2 is 1.24 bits per heavy atom. The minimum absolute atomic E-state index is 0.113. The monoisotopic (exact) mass is 590 g/mol. The third-order valence-corrected chi connectivity index (χ3v) is 8.55. The zero-order valence-electron chi connectivity index (χ0n) is 26.8. The molecule has 1 heterocycles. The molecule has 0 saturated heterocycles. The van der Waals surface area contributed by atoms with Gasteiger partial charge in [-0.2, -0.15) is 0 Å². The van der Waals surface area contributed by atoms with Crippen LogP contribution in [-0.4, -0.2) is 37.9 Å². The van der Waals surface area contributed by atoms with Gasteiger partial charge in [0.25, 0.3) is 6.29 Å². The van der Waals surface area contributed by atoms with Gasteiger partial charge in [-0.15, -0.1) is 0 Å². The number of hydrogen-bond acceptors (Lipinski definition) is 7. The van der Waals surface area contributed by atoms with E-state index in [0.717, 1.165) is 44.1 Å².